The van der Waals surface area contributed by atoms with Crippen LogP contribution in [0.3, 0.4) is 0 Å². The van der Waals surface area contributed by atoms with E-state index in [0.717, 1.165) is 4.43 Å². The monoisotopic (exact) mass is 202 g/mol. The van der Waals surface area contributed by atoms with Crippen LogP contribution in [0.25, 0.3) is 0 Å². The second-order valence-electron chi connectivity index (χ2n) is 1.19. The molecule has 0 radical (unpaired) electrons. The summed E-state index contributed by atoms with van der Waals surface area (Å²) in [5.41, 5.74) is 0. The summed E-state index contributed by atoms with van der Waals surface area (Å²) in [4.78, 5) is 0. The Bertz CT molecular complexity index is 19.5. The first kappa shape index (κ1) is 6.69. The van der Waals surface area contributed by atoms with Crippen molar-refractivity contribution in [2.75, 3.05) is 4.43 Å². The van der Waals surface area contributed by atoms with Crippen LogP contribution in [-0.2, 0) is 0 Å². The summed E-state index contributed by atoms with van der Waals surface area (Å²) < 4.78 is 9.43. The van der Waals surface area contributed by atoms with E-state index in [9.17, 15) is 0 Å². The average molecular weight is 202 g/mol. The Morgan fingerprint density at radius 3 is 2.50 bits per heavy atom. The van der Waals surface area contributed by atoms with Crippen LogP contribution in [-0.4, -0.2) is 7.86 Å². The van der Waals surface area contributed by atoms with Crippen molar-refractivity contribution >= 4 is 21.6 Å². The molecule has 0 spiro atoms. The molecule has 0 aliphatic heterocycles. The molecule has 1 nitrogen and oxygen atoms in total. The third kappa shape index (κ3) is 4.69. The Hall–Kier alpha value is 0.690. The zero-order valence-corrected chi connectivity index (χ0v) is 6.31. The molecule has 0 atom stereocenters. The number of alkyl halides is 1. The van der Waals surface area contributed by atoms with Gasteiger partial charge in [0.15, 0.2) is 0 Å². The summed E-state index contributed by atoms with van der Waals surface area (Å²) in [5, 5.41) is 0. The fourth-order valence-electron chi connectivity index (χ4n) is 0.209. The van der Waals surface area contributed by atoms with Gasteiger partial charge in [0.05, 0.1) is 0 Å². The molecule has 0 aromatic carbocycles. The van der Waals surface area contributed by atoms with Crippen LogP contribution < -0.4 is 0 Å². The molecule has 0 aromatic rings. The molecule has 40 valence electrons. The van der Waals surface area contributed by atoms with Gasteiger partial charge >= 0.3 is 49.2 Å². The van der Waals surface area contributed by atoms with E-state index < -0.39 is 21.6 Å². The number of hydrogen-bond donors (Lipinski definition) is 1. The zero-order chi connectivity index (χ0) is 4.83. The van der Waals surface area contributed by atoms with Gasteiger partial charge < -0.3 is 0 Å². The molecular weight excluding hydrogens is 191 g/mol. The third-order valence-electron chi connectivity index (χ3n) is 0.589. The van der Waals surface area contributed by atoms with Crippen LogP contribution in [0.2, 0.25) is 0 Å². The third-order valence-corrected chi connectivity index (χ3v) is 1.93. The SMILES string of the molecule is CCCC[IH]O. The van der Waals surface area contributed by atoms with Crippen LogP contribution in [0.5, 0.6) is 0 Å². The Morgan fingerprint density at radius 2 is 2.33 bits per heavy atom. The standard InChI is InChI=1S/C4H11IO/c1-2-3-4-5-6/h5-6H,2-4H2,1H3. The molecule has 0 fully saturated rings. The number of hydrogen-bond acceptors (Lipinski definition) is 1. The Kier molecular flexibility index (Phi) is 6.34. The van der Waals surface area contributed by atoms with Crippen molar-refractivity contribution in [2.45, 2.75) is 19.8 Å². The molecule has 0 unspecified atom stereocenters. The summed E-state index contributed by atoms with van der Waals surface area (Å²) in [6.07, 6.45) is 2.45. The summed E-state index contributed by atoms with van der Waals surface area (Å²) in [7, 11) is 0. The quantitative estimate of drug-likeness (QED) is 0.416. The molecule has 0 amide bonds. The minimum absolute atomic E-state index is 0.536. The molecule has 0 bridgehead atoms. The van der Waals surface area contributed by atoms with Gasteiger partial charge in [-0.05, 0) is 0 Å². The number of rotatable bonds is 3. The van der Waals surface area contributed by atoms with E-state index in [1.54, 1.807) is 0 Å². The van der Waals surface area contributed by atoms with Crippen molar-refractivity contribution in [3.05, 3.63) is 0 Å². The Morgan fingerprint density at radius 1 is 1.67 bits per heavy atom. The summed E-state index contributed by atoms with van der Waals surface area (Å²) in [5.74, 6) is 0. The van der Waals surface area contributed by atoms with Crippen LogP contribution in [0, 0.1) is 0 Å². The fraction of sp³-hybridized carbons (Fsp3) is 1.00. The first-order valence-electron chi connectivity index (χ1n) is 2.18. The van der Waals surface area contributed by atoms with Crippen molar-refractivity contribution in [3.8, 4) is 0 Å². The maximum absolute atomic E-state index is 8.33. The van der Waals surface area contributed by atoms with Crippen molar-refractivity contribution in [2.24, 2.45) is 0 Å². The Labute approximate surface area is 49.6 Å². The molecular formula is C4H11IO. The fourth-order valence-corrected chi connectivity index (χ4v) is 1.40. The van der Waals surface area contributed by atoms with Crippen molar-refractivity contribution < 1.29 is 3.44 Å². The second kappa shape index (κ2) is 5.69. The van der Waals surface area contributed by atoms with E-state index in [2.05, 4.69) is 6.92 Å². The molecule has 0 heterocycles. The van der Waals surface area contributed by atoms with Crippen molar-refractivity contribution in [1.29, 1.82) is 0 Å². The van der Waals surface area contributed by atoms with Gasteiger partial charge in [0.25, 0.3) is 0 Å². The second-order valence-corrected chi connectivity index (χ2v) is 3.09. The molecule has 0 aliphatic carbocycles. The number of unbranched alkanes of at least 4 members (excludes halogenated alkanes) is 1. The van der Waals surface area contributed by atoms with Gasteiger partial charge in [-0.1, -0.05) is 0 Å². The summed E-state index contributed by atoms with van der Waals surface area (Å²) in [6.45, 7) is 2.14. The topological polar surface area (TPSA) is 20.2 Å². The zero-order valence-electron chi connectivity index (χ0n) is 3.98. The Balaban J connectivity index is 2.34. The molecule has 0 saturated carbocycles. The van der Waals surface area contributed by atoms with Crippen LogP contribution in [0.4, 0.5) is 0 Å². The molecule has 0 saturated heterocycles. The summed E-state index contributed by atoms with van der Waals surface area (Å²) in [6, 6.07) is 0. The van der Waals surface area contributed by atoms with E-state index in [1.165, 1.54) is 12.8 Å². The van der Waals surface area contributed by atoms with Crippen LogP contribution in [0.15, 0.2) is 0 Å². The average Bonchev–Trinajstić information content (AvgIpc) is 1.61. The predicted octanol–water partition coefficient (Wildman–Crippen LogP) is 1.40. The molecule has 2 heteroatoms. The molecule has 6 heavy (non-hydrogen) atoms. The normalized spacial score (nSPS) is 9.67. The van der Waals surface area contributed by atoms with Gasteiger partial charge in [0, 0.05) is 0 Å². The minimum atomic E-state index is -0.536. The van der Waals surface area contributed by atoms with Gasteiger partial charge in [0.1, 0.15) is 0 Å². The summed E-state index contributed by atoms with van der Waals surface area (Å²) >= 11 is -0.536. The maximum atomic E-state index is 8.33. The van der Waals surface area contributed by atoms with Gasteiger partial charge in [-0.3, -0.25) is 0 Å². The number of halogens is 1. The molecule has 0 aliphatic rings. The van der Waals surface area contributed by atoms with Crippen molar-refractivity contribution in [1.82, 2.24) is 0 Å². The predicted molar refractivity (Wildman–Crippen MR) is 37.4 cm³/mol. The molecule has 1 N–H and O–H groups in total. The van der Waals surface area contributed by atoms with E-state index in [0.29, 0.717) is 0 Å². The van der Waals surface area contributed by atoms with E-state index in [1.807, 2.05) is 0 Å². The van der Waals surface area contributed by atoms with E-state index in [-0.39, 0.29) is 0 Å². The van der Waals surface area contributed by atoms with Crippen LogP contribution in [0.1, 0.15) is 19.8 Å². The van der Waals surface area contributed by atoms with Crippen molar-refractivity contribution in [3.63, 3.8) is 0 Å². The first-order chi connectivity index (χ1) is 2.91. The van der Waals surface area contributed by atoms with Gasteiger partial charge in [-0.2, -0.15) is 0 Å². The van der Waals surface area contributed by atoms with E-state index in [4.69, 9.17) is 3.44 Å². The first-order valence-corrected chi connectivity index (χ1v) is 4.87. The molecule has 0 rings (SSSR count). The molecule has 0 aromatic heterocycles. The van der Waals surface area contributed by atoms with Crippen LogP contribution >= 0.6 is 21.6 Å². The van der Waals surface area contributed by atoms with E-state index >= 15 is 0 Å². The van der Waals surface area contributed by atoms with Gasteiger partial charge in [-0.25, -0.2) is 0 Å². The van der Waals surface area contributed by atoms with Gasteiger partial charge in [0.2, 0.25) is 0 Å². The van der Waals surface area contributed by atoms with Gasteiger partial charge in [-0.15, -0.1) is 0 Å².